The lowest BCUT2D eigenvalue weighted by atomic mass is 10.1. The lowest BCUT2D eigenvalue weighted by Gasteiger charge is -2.37. The molecule has 152 valence electrons. The molecule has 2 aromatic rings. The molecule has 0 spiro atoms. The van der Waals surface area contributed by atoms with E-state index >= 15 is 0 Å². The Bertz CT molecular complexity index is 777. The average molecular weight is 386 g/mol. The van der Waals surface area contributed by atoms with Crippen molar-refractivity contribution in [3.05, 3.63) is 46.8 Å². The zero-order valence-corrected chi connectivity index (χ0v) is 17.2. The molecule has 1 fully saturated rings. The Morgan fingerprint density at radius 3 is 2.68 bits per heavy atom. The van der Waals surface area contributed by atoms with Crippen molar-refractivity contribution in [1.82, 2.24) is 20.3 Å². The summed E-state index contributed by atoms with van der Waals surface area (Å²) in [5.41, 5.74) is 3.17. The first-order valence-corrected chi connectivity index (χ1v) is 9.76. The molecular formula is C21H30N4O3. The number of rotatable bonds is 7. The van der Waals surface area contributed by atoms with Crippen LogP contribution in [0.3, 0.4) is 0 Å². The number of hydrogen-bond acceptors (Lipinski definition) is 6. The van der Waals surface area contributed by atoms with Crippen LogP contribution in [0.5, 0.6) is 5.75 Å². The third-order valence-corrected chi connectivity index (χ3v) is 5.50. The van der Waals surface area contributed by atoms with E-state index in [1.165, 1.54) is 5.56 Å². The molecule has 1 aromatic carbocycles. The quantitative estimate of drug-likeness (QED) is 0.786. The Hall–Kier alpha value is -2.38. The number of methoxy groups -OCH3 is 1. The fourth-order valence-corrected chi connectivity index (χ4v) is 3.55. The summed E-state index contributed by atoms with van der Waals surface area (Å²) in [6, 6.07) is 7.61. The highest BCUT2D eigenvalue weighted by atomic mass is 16.5. The Morgan fingerprint density at radius 1 is 1.29 bits per heavy atom. The van der Waals surface area contributed by atoms with E-state index in [1.807, 2.05) is 45.0 Å². The minimum Gasteiger partial charge on any atom is -0.497 e. The first kappa shape index (κ1) is 20.4. The fourth-order valence-electron chi connectivity index (χ4n) is 3.55. The smallest absolute Gasteiger partial charge is 0.237 e. The first-order valence-electron chi connectivity index (χ1n) is 9.76. The van der Waals surface area contributed by atoms with Gasteiger partial charge in [0.1, 0.15) is 11.5 Å². The number of piperazine rings is 1. The predicted octanol–water partition coefficient (Wildman–Crippen LogP) is 2.12. The van der Waals surface area contributed by atoms with E-state index in [-0.39, 0.29) is 11.9 Å². The second-order valence-corrected chi connectivity index (χ2v) is 7.36. The topological polar surface area (TPSA) is 70.8 Å². The van der Waals surface area contributed by atoms with E-state index in [1.54, 1.807) is 7.11 Å². The second-order valence-electron chi connectivity index (χ2n) is 7.36. The minimum atomic E-state index is -0.146. The molecule has 0 aliphatic carbocycles. The lowest BCUT2D eigenvalue weighted by molar-refractivity contribution is -0.126. The number of benzene rings is 1. The van der Waals surface area contributed by atoms with Gasteiger partial charge in [0.05, 0.1) is 18.8 Å². The van der Waals surface area contributed by atoms with E-state index in [0.29, 0.717) is 6.54 Å². The van der Waals surface area contributed by atoms with Crippen molar-refractivity contribution in [1.29, 1.82) is 0 Å². The van der Waals surface area contributed by atoms with Gasteiger partial charge in [0.2, 0.25) is 5.91 Å². The molecular weight excluding hydrogens is 356 g/mol. The summed E-state index contributed by atoms with van der Waals surface area (Å²) in [5.74, 6) is 1.75. The summed E-state index contributed by atoms with van der Waals surface area (Å²) in [5, 5.41) is 7.07. The van der Waals surface area contributed by atoms with Crippen molar-refractivity contribution in [2.24, 2.45) is 0 Å². The minimum absolute atomic E-state index is 0.0574. The molecule has 1 atom stereocenters. The van der Waals surface area contributed by atoms with Crippen molar-refractivity contribution in [2.75, 3.05) is 33.3 Å². The third-order valence-electron chi connectivity index (χ3n) is 5.50. The summed E-state index contributed by atoms with van der Waals surface area (Å²) in [6.45, 7) is 10.9. The van der Waals surface area contributed by atoms with Crippen LogP contribution in [0.4, 0.5) is 0 Å². The molecule has 1 amide bonds. The van der Waals surface area contributed by atoms with Crippen molar-refractivity contribution in [3.8, 4) is 5.75 Å². The number of nitrogens with zero attached hydrogens (tertiary/aromatic N) is 3. The Labute approximate surface area is 166 Å². The summed E-state index contributed by atoms with van der Waals surface area (Å²) in [4.78, 5) is 17.2. The van der Waals surface area contributed by atoms with Crippen LogP contribution in [0.2, 0.25) is 0 Å². The van der Waals surface area contributed by atoms with Crippen LogP contribution in [0, 0.1) is 13.8 Å². The van der Waals surface area contributed by atoms with Gasteiger partial charge in [-0.15, -0.1) is 0 Å². The summed E-state index contributed by atoms with van der Waals surface area (Å²) >= 11 is 0. The summed E-state index contributed by atoms with van der Waals surface area (Å²) in [6.07, 6.45) is 0. The molecule has 1 N–H and O–H groups in total. The van der Waals surface area contributed by atoms with Gasteiger partial charge in [-0.3, -0.25) is 14.6 Å². The Balaban J connectivity index is 1.46. The third kappa shape index (κ3) is 4.91. The normalized spacial score (nSPS) is 16.7. The highest BCUT2D eigenvalue weighted by Crippen LogP contribution is 2.17. The summed E-state index contributed by atoms with van der Waals surface area (Å²) in [7, 11) is 1.64. The van der Waals surface area contributed by atoms with Crippen LogP contribution in [0.15, 0.2) is 28.8 Å². The molecule has 0 saturated carbocycles. The van der Waals surface area contributed by atoms with Crippen LogP contribution in [0.25, 0.3) is 0 Å². The molecule has 1 unspecified atom stereocenters. The number of carbonyl (C=O) groups is 1. The molecule has 1 saturated heterocycles. The molecule has 7 heteroatoms. The highest BCUT2D eigenvalue weighted by Gasteiger charge is 2.26. The monoisotopic (exact) mass is 386 g/mol. The van der Waals surface area contributed by atoms with Crippen LogP contribution in [-0.2, 0) is 17.9 Å². The van der Waals surface area contributed by atoms with Gasteiger partial charge in [-0.2, -0.15) is 0 Å². The maximum atomic E-state index is 12.6. The molecule has 0 radical (unpaired) electrons. The number of aromatic nitrogens is 1. The van der Waals surface area contributed by atoms with Crippen LogP contribution in [-0.4, -0.2) is 60.2 Å². The number of carbonyl (C=O) groups excluding carboxylic acids is 1. The van der Waals surface area contributed by atoms with Gasteiger partial charge in [0, 0.05) is 44.8 Å². The number of aryl methyl sites for hydroxylation is 2. The van der Waals surface area contributed by atoms with E-state index in [4.69, 9.17) is 9.26 Å². The van der Waals surface area contributed by atoms with Gasteiger partial charge >= 0.3 is 0 Å². The SMILES string of the molecule is COc1cccc(CNC(=O)C(C)N2CCN(Cc3c(C)noc3C)CC2)c1. The van der Waals surface area contributed by atoms with Gasteiger partial charge < -0.3 is 14.6 Å². The lowest BCUT2D eigenvalue weighted by Crippen LogP contribution is -2.53. The van der Waals surface area contributed by atoms with Gasteiger partial charge in [-0.1, -0.05) is 17.3 Å². The Kier molecular flexibility index (Phi) is 6.70. The summed E-state index contributed by atoms with van der Waals surface area (Å²) < 4.78 is 10.5. The fraction of sp³-hybridized carbons (Fsp3) is 0.524. The largest absolute Gasteiger partial charge is 0.497 e. The average Bonchev–Trinajstić information content (AvgIpc) is 3.04. The maximum absolute atomic E-state index is 12.6. The van der Waals surface area contributed by atoms with E-state index < -0.39 is 0 Å². The van der Waals surface area contributed by atoms with Gasteiger partial charge in [-0.05, 0) is 38.5 Å². The van der Waals surface area contributed by atoms with Gasteiger partial charge in [-0.25, -0.2) is 0 Å². The highest BCUT2D eigenvalue weighted by molar-refractivity contribution is 5.81. The molecule has 3 rings (SSSR count). The molecule has 2 heterocycles. The van der Waals surface area contributed by atoms with E-state index in [2.05, 4.69) is 20.3 Å². The van der Waals surface area contributed by atoms with E-state index in [0.717, 1.165) is 55.5 Å². The van der Waals surface area contributed by atoms with Crippen LogP contribution >= 0.6 is 0 Å². The standard InChI is InChI=1S/C21H30N4O3/c1-15-20(17(3)28-23-15)14-24-8-10-25(11-9-24)16(2)21(26)22-13-18-6-5-7-19(12-18)27-4/h5-7,12,16H,8-11,13-14H2,1-4H3,(H,22,26). The van der Waals surface area contributed by atoms with Crippen LogP contribution in [0.1, 0.15) is 29.5 Å². The maximum Gasteiger partial charge on any atom is 0.237 e. The number of nitrogens with one attached hydrogen (secondary N) is 1. The molecule has 7 nitrogen and oxygen atoms in total. The van der Waals surface area contributed by atoms with Crippen LogP contribution < -0.4 is 10.1 Å². The van der Waals surface area contributed by atoms with Gasteiger partial charge in [0.15, 0.2) is 0 Å². The van der Waals surface area contributed by atoms with Crippen molar-refractivity contribution in [2.45, 2.75) is 39.9 Å². The van der Waals surface area contributed by atoms with Crippen molar-refractivity contribution in [3.63, 3.8) is 0 Å². The molecule has 28 heavy (non-hydrogen) atoms. The molecule has 1 aliphatic heterocycles. The second kappa shape index (κ2) is 9.21. The van der Waals surface area contributed by atoms with Gasteiger partial charge in [0.25, 0.3) is 0 Å². The zero-order valence-electron chi connectivity index (χ0n) is 17.2. The first-order chi connectivity index (χ1) is 13.5. The molecule has 1 aliphatic rings. The number of amides is 1. The van der Waals surface area contributed by atoms with Crippen molar-refractivity contribution >= 4 is 5.91 Å². The predicted molar refractivity (Wildman–Crippen MR) is 107 cm³/mol. The molecule has 1 aromatic heterocycles. The number of hydrogen-bond donors (Lipinski definition) is 1. The Morgan fingerprint density at radius 2 is 2.04 bits per heavy atom. The molecule has 0 bridgehead atoms. The zero-order chi connectivity index (χ0) is 20.1. The number of ether oxygens (including phenoxy) is 1. The van der Waals surface area contributed by atoms with E-state index in [9.17, 15) is 4.79 Å². The van der Waals surface area contributed by atoms with Crippen molar-refractivity contribution < 1.29 is 14.1 Å².